The molecule has 1 unspecified atom stereocenters. The Morgan fingerprint density at radius 3 is 2.67 bits per heavy atom. The highest BCUT2D eigenvalue weighted by Crippen LogP contribution is 2.25. The molecule has 0 saturated carbocycles. The fourth-order valence-corrected chi connectivity index (χ4v) is 4.55. The van der Waals surface area contributed by atoms with Crippen molar-refractivity contribution in [3.63, 3.8) is 0 Å². The number of hydrogen-bond donors (Lipinski definition) is 2. The van der Waals surface area contributed by atoms with Crippen molar-refractivity contribution in [2.45, 2.75) is 45.2 Å². The van der Waals surface area contributed by atoms with E-state index in [-0.39, 0.29) is 17.9 Å². The van der Waals surface area contributed by atoms with Crippen LogP contribution in [0.15, 0.2) is 54.9 Å². The molecule has 1 fully saturated rings. The standard InChI is InChI=1S/C26H37N5O2/c1-20(2)19-30(15-10-21-7-4-3-5-8-21)23-11-16-31(24(17-23)25(32)29-14-12-27)26(33)22-9-6-13-28-18-22/h3-9,13,18,20,23-24H,10-12,14-17,19,27H2,1-2H3,(H,29,32)/t23?,24-/m1/s1. The summed E-state index contributed by atoms with van der Waals surface area (Å²) in [6.45, 7) is 7.66. The Balaban J connectivity index is 1.76. The van der Waals surface area contributed by atoms with Gasteiger partial charge in [-0.2, -0.15) is 0 Å². The maximum absolute atomic E-state index is 13.2. The molecule has 0 spiro atoms. The third-order valence-corrected chi connectivity index (χ3v) is 6.14. The van der Waals surface area contributed by atoms with Crippen LogP contribution in [0.25, 0.3) is 0 Å². The minimum absolute atomic E-state index is 0.130. The zero-order valence-electron chi connectivity index (χ0n) is 19.8. The zero-order valence-corrected chi connectivity index (χ0v) is 19.8. The predicted octanol–water partition coefficient (Wildman–Crippen LogP) is 2.33. The summed E-state index contributed by atoms with van der Waals surface area (Å²) in [7, 11) is 0. The zero-order chi connectivity index (χ0) is 23.6. The van der Waals surface area contributed by atoms with Crippen LogP contribution in [0.4, 0.5) is 0 Å². The van der Waals surface area contributed by atoms with Crippen molar-refractivity contribution in [3.05, 3.63) is 66.0 Å². The van der Waals surface area contributed by atoms with E-state index in [0.717, 1.165) is 25.9 Å². The van der Waals surface area contributed by atoms with Crippen molar-refractivity contribution in [2.75, 3.05) is 32.7 Å². The Labute approximate surface area is 197 Å². The van der Waals surface area contributed by atoms with Crippen molar-refractivity contribution < 1.29 is 9.59 Å². The lowest BCUT2D eigenvalue weighted by molar-refractivity contribution is -0.127. The fraction of sp³-hybridized carbons (Fsp3) is 0.500. The molecule has 0 radical (unpaired) electrons. The normalized spacial score (nSPS) is 18.5. The van der Waals surface area contributed by atoms with Crippen molar-refractivity contribution in [1.82, 2.24) is 20.1 Å². The van der Waals surface area contributed by atoms with Gasteiger partial charge in [0.15, 0.2) is 0 Å². The molecule has 3 rings (SSSR count). The average Bonchev–Trinajstić information content (AvgIpc) is 2.85. The maximum atomic E-state index is 13.2. The average molecular weight is 452 g/mol. The van der Waals surface area contributed by atoms with E-state index in [4.69, 9.17) is 5.73 Å². The molecule has 2 aromatic rings. The molecule has 2 atom stereocenters. The van der Waals surface area contributed by atoms with Crippen LogP contribution in [0.2, 0.25) is 0 Å². The molecular formula is C26H37N5O2. The predicted molar refractivity (Wildman–Crippen MR) is 131 cm³/mol. The van der Waals surface area contributed by atoms with Crippen LogP contribution in [0.5, 0.6) is 0 Å². The summed E-state index contributed by atoms with van der Waals surface area (Å²) in [4.78, 5) is 34.6. The molecule has 0 bridgehead atoms. The fourth-order valence-electron chi connectivity index (χ4n) is 4.55. The number of nitrogens with zero attached hydrogens (tertiary/aromatic N) is 3. The van der Waals surface area contributed by atoms with Crippen LogP contribution in [0.3, 0.4) is 0 Å². The quantitative estimate of drug-likeness (QED) is 0.579. The van der Waals surface area contributed by atoms with Crippen molar-refractivity contribution >= 4 is 11.8 Å². The highest BCUT2D eigenvalue weighted by atomic mass is 16.2. The Kier molecular flexibility index (Phi) is 9.39. The van der Waals surface area contributed by atoms with E-state index < -0.39 is 6.04 Å². The number of likely N-dealkylation sites (tertiary alicyclic amines) is 1. The second-order valence-electron chi connectivity index (χ2n) is 9.14. The van der Waals surface area contributed by atoms with Gasteiger partial charge in [-0.3, -0.25) is 19.5 Å². The molecular weight excluding hydrogens is 414 g/mol. The number of aromatic nitrogens is 1. The Morgan fingerprint density at radius 1 is 1.21 bits per heavy atom. The number of nitrogens with two attached hydrogens (primary N) is 1. The first-order valence-electron chi connectivity index (χ1n) is 12.0. The molecule has 33 heavy (non-hydrogen) atoms. The molecule has 2 heterocycles. The third-order valence-electron chi connectivity index (χ3n) is 6.14. The molecule has 178 valence electrons. The smallest absolute Gasteiger partial charge is 0.256 e. The Bertz CT molecular complexity index is 875. The van der Waals surface area contributed by atoms with Gasteiger partial charge in [-0.05, 0) is 42.9 Å². The first kappa shape index (κ1) is 24.9. The van der Waals surface area contributed by atoms with E-state index in [1.807, 2.05) is 6.07 Å². The van der Waals surface area contributed by atoms with E-state index in [2.05, 4.69) is 53.3 Å². The summed E-state index contributed by atoms with van der Waals surface area (Å²) in [5.74, 6) is 0.240. The van der Waals surface area contributed by atoms with Gasteiger partial charge in [-0.15, -0.1) is 0 Å². The second kappa shape index (κ2) is 12.5. The van der Waals surface area contributed by atoms with Crippen molar-refractivity contribution in [3.8, 4) is 0 Å². The topological polar surface area (TPSA) is 91.6 Å². The van der Waals surface area contributed by atoms with Gasteiger partial charge < -0.3 is 16.0 Å². The Morgan fingerprint density at radius 2 is 2.00 bits per heavy atom. The molecule has 7 heteroatoms. The largest absolute Gasteiger partial charge is 0.353 e. The van der Waals surface area contributed by atoms with Crippen LogP contribution in [0, 0.1) is 5.92 Å². The molecule has 1 aliphatic rings. The van der Waals surface area contributed by atoms with Crippen LogP contribution >= 0.6 is 0 Å². The van der Waals surface area contributed by atoms with Crippen LogP contribution < -0.4 is 11.1 Å². The molecule has 3 N–H and O–H groups in total. The summed E-state index contributed by atoms with van der Waals surface area (Å²) in [5, 5.41) is 2.90. The highest BCUT2D eigenvalue weighted by molar-refractivity contribution is 5.97. The molecule has 1 aliphatic heterocycles. The monoisotopic (exact) mass is 451 g/mol. The van der Waals surface area contributed by atoms with Gasteiger partial charge in [0.2, 0.25) is 5.91 Å². The lowest BCUT2D eigenvalue weighted by Crippen LogP contribution is -2.58. The van der Waals surface area contributed by atoms with Gasteiger partial charge in [-0.25, -0.2) is 0 Å². The van der Waals surface area contributed by atoms with Crippen molar-refractivity contribution in [2.24, 2.45) is 11.7 Å². The number of pyridine rings is 1. The molecule has 1 aromatic carbocycles. The summed E-state index contributed by atoms with van der Waals surface area (Å²) in [6, 6.07) is 13.7. The summed E-state index contributed by atoms with van der Waals surface area (Å²) in [6.07, 6.45) is 5.63. The van der Waals surface area contributed by atoms with Gasteiger partial charge >= 0.3 is 0 Å². The number of benzene rings is 1. The lowest BCUT2D eigenvalue weighted by Gasteiger charge is -2.43. The number of nitrogens with one attached hydrogen (secondary N) is 1. The van der Waals surface area contributed by atoms with Crippen LogP contribution in [-0.2, 0) is 11.2 Å². The van der Waals surface area contributed by atoms with Gasteiger partial charge in [0.25, 0.3) is 5.91 Å². The molecule has 2 amide bonds. The van der Waals surface area contributed by atoms with E-state index in [1.54, 1.807) is 29.4 Å². The van der Waals surface area contributed by atoms with E-state index in [1.165, 1.54) is 5.56 Å². The first-order chi connectivity index (χ1) is 16.0. The highest BCUT2D eigenvalue weighted by Gasteiger charge is 2.38. The molecule has 7 nitrogen and oxygen atoms in total. The second-order valence-corrected chi connectivity index (χ2v) is 9.14. The van der Waals surface area contributed by atoms with E-state index in [0.29, 0.717) is 37.5 Å². The summed E-state index contributed by atoms with van der Waals surface area (Å²) < 4.78 is 0. The minimum Gasteiger partial charge on any atom is -0.353 e. The summed E-state index contributed by atoms with van der Waals surface area (Å²) >= 11 is 0. The van der Waals surface area contributed by atoms with E-state index >= 15 is 0 Å². The van der Waals surface area contributed by atoms with Crippen molar-refractivity contribution in [1.29, 1.82) is 0 Å². The number of piperidine rings is 1. The minimum atomic E-state index is -0.519. The molecule has 1 saturated heterocycles. The molecule has 0 aliphatic carbocycles. The SMILES string of the molecule is CC(C)CN(CCc1ccccc1)C1CCN(C(=O)c2cccnc2)[C@@H](C(=O)NCCN)C1. The van der Waals surface area contributed by atoms with Crippen LogP contribution in [-0.4, -0.2) is 71.4 Å². The number of hydrogen-bond acceptors (Lipinski definition) is 5. The molecule has 1 aromatic heterocycles. The summed E-state index contributed by atoms with van der Waals surface area (Å²) in [5.41, 5.74) is 7.43. The Hall–Kier alpha value is -2.77. The lowest BCUT2D eigenvalue weighted by atomic mass is 9.93. The van der Waals surface area contributed by atoms with Gasteiger partial charge in [-0.1, -0.05) is 44.2 Å². The number of amides is 2. The third kappa shape index (κ3) is 7.11. The number of carbonyl (C=O) groups excluding carboxylic acids is 2. The van der Waals surface area contributed by atoms with Gasteiger partial charge in [0, 0.05) is 51.2 Å². The number of carbonyl (C=O) groups is 2. The van der Waals surface area contributed by atoms with Gasteiger partial charge in [0.1, 0.15) is 6.04 Å². The first-order valence-corrected chi connectivity index (χ1v) is 12.0. The maximum Gasteiger partial charge on any atom is 0.256 e. The van der Waals surface area contributed by atoms with Gasteiger partial charge in [0.05, 0.1) is 5.56 Å². The van der Waals surface area contributed by atoms with Crippen LogP contribution in [0.1, 0.15) is 42.6 Å². The van der Waals surface area contributed by atoms with E-state index in [9.17, 15) is 9.59 Å². The number of rotatable bonds is 10.